The van der Waals surface area contributed by atoms with Crippen LogP contribution in [0, 0.1) is 5.82 Å². The first-order valence-electron chi connectivity index (χ1n) is 5.76. The monoisotopic (exact) mass is 260 g/mol. The molecule has 0 aliphatic carbocycles. The third-order valence-corrected chi connectivity index (χ3v) is 2.59. The highest BCUT2D eigenvalue weighted by Crippen LogP contribution is 2.16. The van der Waals surface area contributed by atoms with Crippen LogP contribution in [0.15, 0.2) is 36.7 Å². The summed E-state index contributed by atoms with van der Waals surface area (Å²) >= 11 is 0. The van der Waals surface area contributed by atoms with Crippen LogP contribution in [0.1, 0.15) is 17.4 Å². The first kappa shape index (κ1) is 12.9. The molecule has 0 atom stereocenters. The van der Waals surface area contributed by atoms with Crippen molar-refractivity contribution in [3.8, 4) is 0 Å². The Labute approximate surface area is 109 Å². The Bertz CT molecular complexity index is 568. The molecule has 98 valence electrons. The zero-order chi connectivity index (χ0) is 13.8. The van der Waals surface area contributed by atoms with Crippen LogP contribution in [0.25, 0.3) is 0 Å². The van der Waals surface area contributed by atoms with Gasteiger partial charge in [-0.05, 0) is 31.2 Å². The van der Waals surface area contributed by atoms with E-state index < -0.39 is 0 Å². The quantitative estimate of drug-likeness (QED) is 0.914. The number of nitrogens with two attached hydrogens (primary N) is 1. The van der Waals surface area contributed by atoms with Crippen LogP contribution in [0.2, 0.25) is 0 Å². The standard InChI is InChI=1S/C13H13FN4O/c1-2-18(10-5-3-9(14)4-6-10)13(19)11-7-17-12(15)8-16-11/h3-8H,2H2,1H3,(H2,15,17). The summed E-state index contributed by atoms with van der Waals surface area (Å²) in [6, 6.07) is 5.70. The number of nitrogens with zero attached hydrogens (tertiary/aromatic N) is 3. The highest BCUT2D eigenvalue weighted by molar-refractivity contribution is 6.04. The van der Waals surface area contributed by atoms with Gasteiger partial charge in [-0.1, -0.05) is 0 Å². The van der Waals surface area contributed by atoms with Gasteiger partial charge in [-0.25, -0.2) is 14.4 Å². The Morgan fingerprint density at radius 1 is 1.26 bits per heavy atom. The zero-order valence-corrected chi connectivity index (χ0v) is 10.4. The van der Waals surface area contributed by atoms with Crippen molar-refractivity contribution in [1.82, 2.24) is 9.97 Å². The topological polar surface area (TPSA) is 72.1 Å². The van der Waals surface area contributed by atoms with Crippen LogP contribution in [-0.2, 0) is 0 Å². The van der Waals surface area contributed by atoms with Gasteiger partial charge in [-0.2, -0.15) is 0 Å². The molecule has 0 bridgehead atoms. The first-order valence-corrected chi connectivity index (χ1v) is 5.76. The summed E-state index contributed by atoms with van der Waals surface area (Å²) in [5, 5.41) is 0. The van der Waals surface area contributed by atoms with Crippen molar-refractivity contribution >= 4 is 17.4 Å². The molecule has 0 aliphatic heterocycles. The third kappa shape index (κ3) is 2.85. The van der Waals surface area contributed by atoms with Gasteiger partial charge in [0.2, 0.25) is 0 Å². The van der Waals surface area contributed by atoms with Crippen molar-refractivity contribution in [3.63, 3.8) is 0 Å². The number of benzene rings is 1. The van der Waals surface area contributed by atoms with Crippen molar-refractivity contribution in [2.75, 3.05) is 17.2 Å². The summed E-state index contributed by atoms with van der Waals surface area (Å²) in [7, 11) is 0. The predicted octanol–water partition coefficient (Wildman–Crippen LogP) is 1.86. The van der Waals surface area contributed by atoms with E-state index in [9.17, 15) is 9.18 Å². The molecular weight excluding hydrogens is 247 g/mol. The molecule has 0 spiro atoms. The molecule has 0 radical (unpaired) electrons. The van der Waals surface area contributed by atoms with Crippen LogP contribution in [-0.4, -0.2) is 22.4 Å². The lowest BCUT2D eigenvalue weighted by molar-refractivity contribution is 0.0983. The summed E-state index contributed by atoms with van der Waals surface area (Å²) in [5.74, 6) is -0.400. The van der Waals surface area contributed by atoms with Gasteiger partial charge in [0.15, 0.2) is 0 Å². The second-order valence-electron chi connectivity index (χ2n) is 3.85. The van der Waals surface area contributed by atoms with Gasteiger partial charge < -0.3 is 10.6 Å². The number of anilines is 2. The Balaban J connectivity index is 2.29. The number of amides is 1. The fraction of sp³-hybridized carbons (Fsp3) is 0.154. The van der Waals surface area contributed by atoms with Crippen LogP contribution < -0.4 is 10.6 Å². The minimum atomic E-state index is -0.348. The molecule has 19 heavy (non-hydrogen) atoms. The van der Waals surface area contributed by atoms with Crippen molar-refractivity contribution in [3.05, 3.63) is 48.2 Å². The molecule has 1 aromatic carbocycles. The Hall–Kier alpha value is -2.50. The van der Waals surface area contributed by atoms with E-state index in [0.717, 1.165) is 0 Å². The van der Waals surface area contributed by atoms with E-state index in [-0.39, 0.29) is 23.2 Å². The smallest absolute Gasteiger partial charge is 0.278 e. The largest absolute Gasteiger partial charge is 0.382 e. The maximum absolute atomic E-state index is 12.9. The number of rotatable bonds is 3. The fourth-order valence-electron chi connectivity index (χ4n) is 1.65. The zero-order valence-electron chi connectivity index (χ0n) is 10.4. The number of carbonyl (C=O) groups is 1. The Kier molecular flexibility index (Phi) is 3.70. The average Bonchev–Trinajstić information content (AvgIpc) is 2.42. The lowest BCUT2D eigenvalue weighted by Crippen LogP contribution is -2.31. The second kappa shape index (κ2) is 5.43. The normalized spacial score (nSPS) is 10.2. The highest BCUT2D eigenvalue weighted by atomic mass is 19.1. The minimum Gasteiger partial charge on any atom is -0.382 e. The van der Waals surface area contributed by atoms with E-state index in [1.54, 1.807) is 12.1 Å². The van der Waals surface area contributed by atoms with E-state index in [1.165, 1.54) is 29.4 Å². The van der Waals surface area contributed by atoms with Crippen LogP contribution in [0.3, 0.4) is 0 Å². The first-order chi connectivity index (χ1) is 9.11. The molecule has 0 unspecified atom stereocenters. The van der Waals surface area contributed by atoms with Crippen LogP contribution in [0.5, 0.6) is 0 Å². The summed E-state index contributed by atoms with van der Waals surface area (Å²) in [4.78, 5) is 21.5. The van der Waals surface area contributed by atoms with Crippen LogP contribution >= 0.6 is 0 Å². The van der Waals surface area contributed by atoms with E-state index in [2.05, 4.69) is 9.97 Å². The summed E-state index contributed by atoms with van der Waals surface area (Å²) in [6.07, 6.45) is 2.65. The molecule has 2 N–H and O–H groups in total. The van der Waals surface area contributed by atoms with Crippen molar-refractivity contribution in [1.29, 1.82) is 0 Å². The van der Waals surface area contributed by atoms with Gasteiger partial charge in [0, 0.05) is 12.2 Å². The number of halogens is 1. The average molecular weight is 260 g/mol. The van der Waals surface area contributed by atoms with Crippen molar-refractivity contribution in [2.24, 2.45) is 0 Å². The van der Waals surface area contributed by atoms with Gasteiger partial charge in [0.1, 0.15) is 17.3 Å². The summed E-state index contributed by atoms with van der Waals surface area (Å²) in [6.45, 7) is 2.27. The molecule has 1 amide bonds. The van der Waals surface area contributed by atoms with Gasteiger partial charge in [0.25, 0.3) is 5.91 Å². The highest BCUT2D eigenvalue weighted by Gasteiger charge is 2.17. The summed E-state index contributed by atoms with van der Waals surface area (Å²) < 4.78 is 12.9. The number of aromatic nitrogens is 2. The van der Waals surface area contributed by atoms with E-state index in [0.29, 0.717) is 12.2 Å². The van der Waals surface area contributed by atoms with E-state index in [4.69, 9.17) is 5.73 Å². The molecule has 0 aliphatic rings. The lowest BCUT2D eigenvalue weighted by Gasteiger charge is -2.20. The van der Waals surface area contributed by atoms with Gasteiger partial charge in [0.05, 0.1) is 12.4 Å². The van der Waals surface area contributed by atoms with E-state index >= 15 is 0 Å². The fourth-order valence-corrected chi connectivity index (χ4v) is 1.65. The number of hydrogen-bond acceptors (Lipinski definition) is 4. The summed E-state index contributed by atoms with van der Waals surface area (Å²) in [5.41, 5.74) is 6.22. The van der Waals surface area contributed by atoms with Gasteiger partial charge >= 0.3 is 0 Å². The van der Waals surface area contributed by atoms with Gasteiger partial charge in [-0.15, -0.1) is 0 Å². The maximum Gasteiger partial charge on any atom is 0.278 e. The van der Waals surface area contributed by atoms with E-state index in [1.807, 2.05) is 6.92 Å². The molecule has 6 heteroatoms. The van der Waals surface area contributed by atoms with Crippen molar-refractivity contribution in [2.45, 2.75) is 6.92 Å². The number of hydrogen-bond donors (Lipinski definition) is 1. The molecule has 2 aromatic rings. The predicted molar refractivity (Wildman–Crippen MR) is 70.2 cm³/mol. The second-order valence-corrected chi connectivity index (χ2v) is 3.85. The maximum atomic E-state index is 12.9. The SMILES string of the molecule is CCN(C(=O)c1cnc(N)cn1)c1ccc(F)cc1. The molecule has 1 aromatic heterocycles. The number of nitrogen functional groups attached to an aromatic ring is 1. The molecule has 2 rings (SSSR count). The molecule has 0 saturated carbocycles. The third-order valence-electron chi connectivity index (χ3n) is 2.59. The molecule has 5 nitrogen and oxygen atoms in total. The Morgan fingerprint density at radius 3 is 2.47 bits per heavy atom. The van der Waals surface area contributed by atoms with Gasteiger partial charge in [-0.3, -0.25) is 4.79 Å². The lowest BCUT2D eigenvalue weighted by atomic mass is 10.2. The minimum absolute atomic E-state index is 0.195. The molecular formula is C13H13FN4O. The molecule has 1 heterocycles. The van der Waals surface area contributed by atoms with Crippen molar-refractivity contribution < 1.29 is 9.18 Å². The number of carbonyl (C=O) groups excluding carboxylic acids is 1. The Morgan fingerprint density at radius 2 is 1.95 bits per heavy atom. The molecule has 0 fully saturated rings. The van der Waals surface area contributed by atoms with Crippen LogP contribution in [0.4, 0.5) is 15.9 Å². The molecule has 0 saturated heterocycles.